The number of benzene rings is 2. The summed E-state index contributed by atoms with van der Waals surface area (Å²) in [5.74, 6) is -1.79. The minimum atomic E-state index is -1.07. The summed E-state index contributed by atoms with van der Waals surface area (Å²) in [4.78, 5) is 33.6. The van der Waals surface area contributed by atoms with Crippen LogP contribution in [-0.4, -0.2) is 40.7 Å². The maximum absolute atomic E-state index is 11.9. The second-order valence-corrected chi connectivity index (χ2v) is 6.59. The van der Waals surface area contributed by atoms with E-state index in [1.165, 1.54) is 0 Å². The minimum Gasteiger partial charge on any atom is -0.493 e. The van der Waals surface area contributed by atoms with Gasteiger partial charge in [-0.1, -0.05) is 42.5 Å². The van der Waals surface area contributed by atoms with E-state index in [-0.39, 0.29) is 19.3 Å². The summed E-state index contributed by atoms with van der Waals surface area (Å²) in [7, 11) is 0. The molecule has 7 heteroatoms. The summed E-state index contributed by atoms with van der Waals surface area (Å²) in [5, 5.41) is 20.4. The van der Waals surface area contributed by atoms with Crippen LogP contribution in [0.25, 0.3) is 11.1 Å². The Labute approximate surface area is 169 Å². The number of para-hydroxylation sites is 1. The van der Waals surface area contributed by atoms with Crippen molar-refractivity contribution in [1.82, 2.24) is 5.32 Å². The summed E-state index contributed by atoms with van der Waals surface area (Å²) in [6.45, 7) is 2.49. The Morgan fingerprint density at radius 3 is 2.28 bits per heavy atom. The first-order chi connectivity index (χ1) is 13.9. The third kappa shape index (κ3) is 7.29. The summed E-state index contributed by atoms with van der Waals surface area (Å²) >= 11 is 0. The zero-order chi connectivity index (χ0) is 21.2. The van der Waals surface area contributed by atoms with Gasteiger partial charge in [0, 0.05) is 18.0 Å². The van der Waals surface area contributed by atoms with E-state index in [1.807, 2.05) is 55.5 Å². The topological polar surface area (TPSA) is 113 Å². The molecule has 154 valence electrons. The molecule has 0 saturated heterocycles. The van der Waals surface area contributed by atoms with Crippen LogP contribution in [-0.2, 0) is 20.8 Å². The Hall–Kier alpha value is -3.35. The predicted molar refractivity (Wildman–Crippen MR) is 108 cm³/mol. The highest BCUT2D eigenvalue weighted by Crippen LogP contribution is 2.30. The Morgan fingerprint density at radius 2 is 1.66 bits per heavy atom. The molecule has 2 aromatic rings. The molecule has 0 radical (unpaired) electrons. The quantitative estimate of drug-likeness (QED) is 0.535. The van der Waals surface area contributed by atoms with Crippen molar-refractivity contribution in [2.24, 2.45) is 0 Å². The van der Waals surface area contributed by atoms with Gasteiger partial charge in [0.2, 0.25) is 5.91 Å². The van der Waals surface area contributed by atoms with Crippen molar-refractivity contribution in [3.05, 3.63) is 54.1 Å². The molecule has 0 aliphatic heterocycles. The molecule has 29 heavy (non-hydrogen) atoms. The van der Waals surface area contributed by atoms with Crippen LogP contribution in [0.4, 0.5) is 0 Å². The largest absolute Gasteiger partial charge is 0.493 e. The smallest absolute Gasteiger partial charge is 0.305 e. The molecule has 7 nitrogen and oxygen atoms in total. The average Bonchev–Trinajstić information content (AvgIpc) is 2.67. The monoisotopic (exact) mass is 399 g/mol. The second kappa shape index (κ2) is 10.8. The lowest BCUT2D eigenvalue weighted by atomic mass is 9.98. The molecule has 0 aromatic heterocycles. The maximum Gasteiger partial charge on any atom is 0.305 e. The minimum absolute atomic E-state index is 0.182. The van der Waals surface area contributed by atoms with Crippen LogP contribution in [0.3, 0.4) is 0 Å². The molecule has 0 aliphatic carbocycles. The van der Waals surface area contributed by atoms with Crippen LogP contribution in [0.5, 0.6) is 5.75 Å². The van der Waals surface area contributed by atoms with Crippen molar-refractivity contribution in [2.75, 3.05) is 6.61 Å². The first-order valence-electron chi connectivity index (χ1n) is 9.43. The van der Waals surface area contributed by atoms with Crippen molar-refractivity contribution in [3.8, 4) is 16.9 Å². The number of nitrogens with one attached hydrogen (secondary N) is 1. The van der Waals surface area contributed by atoms with E-state index < -0.39 is 23.9 Å². The molecule has 0 unspecified atom stereocenters. The maximum atomic E-state index is 11.9. The normalized spacial score (nSPS) is 11.5. The Bertz CT molecular complexity index is 847. The van der Waals surface area contributed by atoms with Crippen LogP contribution in [0, 0.1) is 0 Å². The van der Waals surface area contributed by atoms with Crippen molar-refractivity contribution in [3.63, 3.8) is 0 Å². The Balaban J connectivity index is 2.09. The first-order valence-corrected chi connectivity index (χ1v) is 9.43. The van der Waals surface area contributed by atoms with Gasteiger partial charge in [-0.05, 0) is 30.5 Å². The van der Waals surface area contributed by atoms with Gasteiger partial charge in [-0.15, -0.1) is 0 Å². The van der Waals surface area contributed by atoms with Crippen molar-refractivity contribution >= 4 is 17.8 Å². The van der Waals surface area contributed by atoms with E-state index in [2.05, 4.69) is 5.32 Å². The zero-order valence-corrected chi connectivity index (χ0v) is 16.3. The summed E-state index contributed by atoms with van der Waals surface area (Å²) in [5.41, 5.74) is 2.80. The number of ether oxygens (including phenoxy) is 1. The second-order valence-electron chi connectivity index (χ2n) is 6.59. The van der Waals surface area contributed by atoms with E-state index in [0.717, 1.165) is 22.4 Å². The van der Waals surface area contributed by atoms with E-state index >= 15 is 0 Å². The first kappa shape index (κ1) is 21.9. The molecule has 1 amide bonds. The third-order valence-electron chi connectivity index (χ3n) is 4.29. The lowest BCUT2D eigenvalue weighted by molar-refractivity contribution is -0.140. The van der Waals surface area contributed by atoms with Gasteiger partial charge in [0.1, 0.15) is 5.75 Å². The Kier molecular flexibility index (Phi) is 8.21. The molecule has 0 saturated carbocycles. The summed E-state index contributed by atoms with van der Waals surface area (Å²) in [6.07, 6.45) is -0.385. The molecule has 0 heterocycles. The van der Waals surface area contributed by atoms with Crippen LogP contribution in [0.2, 0.25) is 0 Å². The van der Waals surface area contributed by atoms with Gasteiger partial charge in [0.15, 0.2) is 0 Å². The fraction of sp³-hybridized carbons (Fsp3) is 0.318. The number of hydrogen-bond donors (Lipinski definition) is 3. The van der Waals surface area contributed by atoms with Crippen molar-refractivity contribution < 1.29 is 29.3 Å². The molecule has 0 fully saturated rings. The number of carboxylic acid groups (broad SMARTS) is 2. The third-order valence-corrected chi connectivity index (χ3v) is 4.29. The molecule has 2 rings (SSSR count). The summed E-state index contributed by atoms with van der Waals surface area (Å²) < 4.78 is 5.66. The van der Waals surface area contributed by atoms with Gasteiger partial charge in [-0.3, -0.25) is 14.4 Å². The highest BCUT2D eigenvalue weighted by molar-refractivity contribution is 5.81. The van der Waals surface area contributed by atoms with E-state index in [9.17, 15) is 14.4 Å². The fourth-order valence-corrected chi connectivity index (χ4v) is 3.00. The Morgan fingerprint density at radius 1 is 0.966 bits per heavy atom. The number of aliphatic carboxylic acids is 2. The SMILES string of the molecule is CCOc1ccccc1-c1ccc(C[C@H](CC(=O)O)NC(=O)CCC(=O)O)cc1. The van der Waals surface area contributed by atoms with E-state index in [0.29, 0.717) is 13.0 Å². The molecule has 2 aromatic carbocycles. The molecule has 0 aliphatic rings. The summed E-state index contributed by atoms with van der Waals surface area (Å²) in [6, 6.07) is 14.7. The molecule has 3 N–H and O–H groups in total. The zero-order valence-electron chi connectivity index (χ0n) is 16.3. The number of carbonyl (C=O) groups excluding carboxylic acids is 1. The van der Waals surface area contributed by atoms with Gasteiger partial charge in [-0.2, -0.15) is 0 Å². The van der Waals surface area contributed by atoms with Gasteiger partial charge < -0.3 is 20.3 Å². The number of rotatable bonds is 11. The molecular formula is C22H25NO6. The van der Waals surface area contributed by atoms with Crippen molar-refractivity contribution in [1.29, 1.82) is 0 Å². The highest BCUT2D eigenvalue weighted by Gasteiger charge is 2.17. The molecule has 1 atom stereocenters. The van der Waals surface area contributed by atoms with Crippen LogP contribution in [0.1, 0.15) is 31.7 Å². The number of amides is 1. The molecule has 0 bridgehead atoms. The van der Waals surface area contributed by atoms with Gasteiger partial charge in [0.05, 0.1) is 19.4 Å². The van der Waals surface area contributed by atoms with Crippen LogP contribution >= 0.6 is 0 Å². The van der Waals surface area contributed by atoms with Gasteiger partial charge >= 0.3 is 11.9 Å². The highest BCUT2D eigenvalue weighted by atomic mass is 16.5. The van der Waals surface area contributed by atoms with Crippen molar-refractivity contribution in [2.45, 2.75) is 38.6 Å². The standard InChI is InChI=1S/C22H25NO6/c1-2-29-19-6-4-3-5-18(19)16-9-7-15(8-10-16)13-17(14-22(27)28)23-20(24)11-12-21(25)26/h3-10,17H,2,11-14H2,1H3,(H,23,24)(H,25,26)(H,27,28)/t17-/m1/s1. The number of carbonyl (C=O) groups is 3. The van der Waals surface area contributed by atoms with Crippen LogP contribution < -0.4 is 10.1 Å². The molecular weight excluding hydrogens is 374 g/mol. The van der Waals surface area contributed by atoms with Gasteiger partial charge in [0.25, 0.3) is 0 Å². The molecule has 0 spiro atoms. The van der Waals surface area contributed by atoms with E-state index in [1.54, 1.807) is 0 Å². The predicted octanol–water partition coefficient (Wildman–Crippen LogP) is 3.12. The van der Waals surface area contributed by atoms with Gasteiger partial charge in [-0.25, -0.2) is 0 Å². The lowest BCUT2D eigenvalue weighted by Crippen LogP contribution is -2.38. The average molecular weight is 399 g/mol. The van der Waals surface area contributed by atoms with Crippen LogP contribution in [0.15, 0.2) is 48.5 Å². The van der Waals surface area contributed by atoms with E-state index in [4.69, 9.17) is 14.9 Å². The number of carboxylic acids is 2. The number of hydrogen-bond acceptors (Lipinski definition) is 4. The lowest BCUT2D eigenvalue weighted by Gasteiger charge is -2.17. The fourth-order valence-electron chi connectivity index (χ4n) is 3.00.